The van der Waals surface area contributed by atoms with Crippen LogP contribution in [0.15, 0.2) is 78.9 Å². The lowest BCUT2D eigenvalue weighted by Gasteiger charge is -2.13. The minimum atomic E-state index is -0.116. The number of amides is 1. The number of ether oxygens (including phenoxy) is 2. The zero-order valence-electron chi connectivity index (χ0n) is 18.8. The number of rotatable bonds is 12. The van der Waals surface area contributed by atoms with Gasteiger partial charge in [0.1, 0.15) is 11.5 Å². The van der Waals surface area contributed by atoms with Gasteiger partial charge < -0.3 is 20.1 Å². The Labute approximate surface area is 190 Å². The van der Waals surface area contributed by atoms with Crippen molar-refractivity contribution in [2.75, 3.05) is 23.8 Å². The Hall–Kier alpha value is -3.47. The summed E-state index contributed by atoms with van der Waals surface area (Å²) in [4.78, 5) is 12.3. The number of carbonyl (C=O) groups excluding carboxylic acids is 1. The fourth-order valence-electron chi connectivity index (χ4n) is 3.13. The Balaban J connectivity index is 1.39. The summed E-state index contributed by atoms with van der Waals surface area (Å²) in [6.07, 6.45) is 3.06. The highest BCUT2D eigenvalue weighted by Gasteiger charge is 2.05. The SMILES string of the molecule is CCC(C)Oc1ccc(NC(=O)CNc2cccc(OCCCc3ccccc3)c2)cc1. The first-order valence-electron chi connectivity index (χ1n) is 11.2. The Morgan fingerprint density at radius 3 is 2.44 bits per heavy atom. The molecule has 0 heterocycles. The van der Waals surface area contributed by atoms with Crippen LogP contribution in [-0.2, 0) is 11.2 Å². The highest BCUT2D eigenvalue weighted by molar-refractivity contribution is 5.93. The average Bonchev–Trinajstić information content (AvgIpc) is 2.83. The number of benzene rings is 3. The molecule has 0 bridgehead atoms. The molecular weight excluding hydrogens is 400 g/mol. The average molecular weight is 433 g/mol. The number of hydrogen-bond acceptors (Lipinski definition) is 4. The van der Waals surface area contributed by atoms with Crippen LogP contribution in [-0.4, -0.2) is 25.2 Å². The first kappa shape index (κ1) is 23.2. The second kappa shape index (κ2) is 12.4. The summed E-state index contributed by atoms with van der Waals surface area (Å²) in [5.74, 6) is 1.48. The van der Waals surface area contributed by atoms with Gasteiger partial charge in [-0.15, -0.1) is 0 Å². The van der Waals surface area contributed by atoms with E-state index in [-0.39, 0.29) is 18.6 Å². The lowest BCUT2D eigenvalue weighted by Crippen LogP contribution is -2.21. The van der Waals surface area contributed by atoms with Gasteiger partial charge in [-0.2, -0.15) is 0 Å². The summed E-state index contributed by atoms with van der Waals surface area (Å²) < 4.78 is 11.6. The molecule has 3 aromatic carbocycles. The molecular formula is C27H32N2O3. The van der Waals surface area contributed by atoms with Crippen molar-refractivity contribution in [1.29, 1.82) is 0 Å². The molecule has 0 spiro atoms. The van der Waals surface area contributed by atoms with Crippen molar-refractivity contribution in [3.8, 4) is 11.5 Å². The zero-order valence-corrected chi connectivity index (χ0v) is 18.8. The van der Waals surface area contributed by atoms with Crippen LogP contribution in [0.25, 0.3) is 0 Å². The molecule has 0 aliphatic carbocycles. The topological polar surface area (TPSA) is 59.6 Å². The third kappa shape index (κ3) is 7.99. The van der Waals surface area contributed by atoms with E-state index in [1.165, 1.54) is 5.56 Å². The largest absolute Gasteiger partial charge is 0.494 e. The Kier molecular flexibility index (Phi) is 8.99. The van der Waals surface area contributed by atoms with Crippen LogP contribution in [0.5, 0.6) is 11.5 Å². The van der Waals surface area contributed by atoms with E-state index in [0.29, 0.717) is 6.61 Å². The molecule has 1 amide bonds. The monoisotopic (exact) mass is 432 g/mol. The number of aryl methyl sites for hydroxylation is 1. The van der Waals surface area contributed by atoms with Gasteiger partial charge in [0, 0.05) is 17.4 Å². The summed E-state index contributed by atoms with van der Waals surface area (Å²) in [5, 5.41) is 6.04. The van der Waals surface area contributed by atoms with E-state index >= 15 is 0 Å². The number of anilines is 2. The second-order valence-electron chi connectivity index (χ2n) is 7.73. The van der Waals surface area contributed by atoms with E-state index in [9.17, 15) is 4.79 Å². The summed E-state index contributed by atoms with van der Waals surface area (Å²) >= 11 is 0. The molecule has 0 saturated heterocycles. The Morgan fingerprint density at radius 1 is 0.906 bits per heavy atom. The highest BCUT2D eigenvalue weighted by Crippen LogP contribution is 2.19. The zero-order chi connectivity index (χ0) is 22.6. The highest BCUT2D eigenvalue weighted by atomic mass is 16.5. The summed E-state index contributed by atoms with van der Waals surface area (Å²) in [6, 6.07) is 25.5. The van der Waals surface area contributed by atoms with Gasteiger partial charge >= 0.3 is 0 Å². The molecule has 5 heteroatoms. The molecule has 5 nitrogen and oxygen atoms in total. The van der Waals surface area contributed by atoms with E-state index in [0.717, 1.165) is 42.1 Å². The standard InChI is InChI=1S/C27H32N2O3/c1-3-21(2)32-25-16-14-23(15-17-25)29-27(30)20-28-24-12-7-13-26(19-24)31-18-8-11-22-9-5-4-6-10-22/h4-7,9-10,12-17,19,21,28H,3,8,11,18,20H2,1-2H3,(H,29,30). The lowest BCUT2D eigenvalue weighted by atomic mass is 10.1. The maximum Gasteiger partial charge on any atom is 0.243 e. The van der Waals surface area contributed by atoms with Crippen molar-refractivity contribution in [3.05, 3.63) is 84.4 Å². The molecule has 0 aliphatic heterocycles. The summed E-state index contributed by atoms with van der Waals surface area (Å²) in [6.45, 7) is 4.93. The molecule has 0 saturated carbocycles. The number of carbonyl (C=O) groups is 1. The van der Waals surface area contributed by atoms with Crippen LogP contribution >= 0.6 is 0 Å². The fourth-order valence-corrected chi connectivity index (χ4v) is 3.13. The third-order valence-corrected chi connectivity index (χ3v) is 5.06. The van der Waals surface area contributed by atoms with E-state index in [1.807, 2.05) is 61.5 Å². The molecule has 0 aliphatic rings. The van der Waals surface area contributed by atoms with Gasteiger partial charge in [-0.1, -0.05) is 43.3 Å². The minimum Gasteiger partial charge on any atom is -0.494 e. The lowest BCUT2D eigenvalue weighted by molar-refractivity contribution is -0.114. The number of hydrogen-bond donors (Lipinski definition) is 2. The smallest absolute Gasteiger partial charge is 0.243 e. The maximum atomic E-state index is 12.3. The van der Waals surface area contributed by atoms with Crippen molar-refractivity contribution in [2.24, 2.45) is 0 Å². The van der Waals surface area contributed by atoms with Gasteiger partial charge in [0.2, 0.25) is 5.91 Å². The van der Waals surface area contributed by atoms with E-state index in [1.54, 1.807) is 0 Å². The van der Waals surface area contributed by atoms with Crippen LogP contribution < -0.4 is 20.1 Å². The predicted molar refractivity (Wildman–Crippen MR) is 131 cm³/mol. The molecule has 0 radical (unpaired) electrons. The molecule has 0 aromatic heterocycles. The predicted octanol–water partition coefficient (Wildman–Crippen LogP) is 5.93. The van der Waals surface area contributed by atoms with Crippen LogP contribution in [0.1, 0.15) is 32.3 Å². The first-order valence-corrected chi connectivity index (χ1v) is 11.2. The number of nitrogens with one attached hydrogen (secondary N) is 2. The van der Waals surface area contributed by atoms with Crippen LogP contribution in [0.3, 0.4) is 0 Å². The van der Waals surface area contributed by atoms with E-state index in [2.05, 4.69) is 41.8 Å². The van der Waals surface area contributed by atoms with Gasteiger partial charge in [0.15, 0.2) is 0 Å². The van der Waals surface area contributed by atoms with E-state index in [4.69, 9.17) is 9.47 Å². The van der Waals surface area contributed by atoms with Gasteiger partial charge in [-0.25, -0.2) is 0 Å². The summed E-state index contributed by atoms with van der Waals surface area (Å²) in [7, 11) is 0. The molecule has 32 heavy (non-hydrogen) atoms. The molecule has 0 fully saturated rings. The van der Waals surface area contributed by atoms with Crippen molar-refractivity contribution < 1.29 is 14.3 Å². The fraction of sp³-hybridized carbons (Fsp3) is 0.296. The van der Waals surface area contributed by atoms with Crippen LogP contribution in [0.2, 0.25) is 0 Å². The Morgan fingerprint density at radius 2 is 1.69 bits per heavy atom. The Bertz CT molecular complexity index is 958. The van der Waals surface area contributed by atoms with E-state index < -0.39 is 0 Å². The molecule has 2 N–H and O–H groups in total. The molecule has 1 unspecified atom stereocenters. The van der Waals surface area contributed by atoms with Crippen molar-refractivity contribution >= 4 is 17.3 Å². The minimum absolute atomic E-state index is 0.116. The quantitative estimate of drug-likeness (QED) is 0.349. The van der Waals surface area contributed by atoms with Gasteiger partial charge in [-0.05, 0) is 68.1 Å². The normalized spacial score (nSPS) is 11.4. The molecule has 168 valence electrons. The van der Waals surface area contributed by atoms with Gasteiger partial charge in [-0.3, -0.25) is 4.79 Å². The second-order valence-corrected chi connectivity index (χ2v) is 7.73. The van der Waals surface area contributed by atoms with Crippen molar-refractivity contribution in [1.82, 2.24) is 0 Å². The first-order chi connectivity index (χ1) is 15.6. The molecule has 1 atom stereocenters. The van der Waals surface area contributed by atoms with Gasteiger partial charge in [0.05, 0.1) is 19.3 Å². The molecule has 3 rings (SSSR count). The third-order valence-electron chi connectivity index (χ3n) is 5.06. The summed E-state index contributed by atoms with van der Waals surface area (Å²) in [5.41, 5.74) is 2.90. The van der Waals surface area contributed by atoms with Crippen LogP contribution in [0, 0.1) is 0 Å². The van der Waals surface area contributed by atoms with Crippen molar-refractivity contribution in [3.63, 3.8) is 0 Å². The van der Waals surface area contributed by atoms with Gasteiger partial charge in [0.25, 0.3) is 0 Å². The van der Waals surface area contributed by atoms with Crippen LogP contribution in [0.4, 0.5) is 11.4 Å². The van der Waals surface area contributed by atoms with Crippen molar-refractivity contribution in [2.45, 2.75) is 39.2 Å². The maximum absolute atomic E-state index is 12.3. The molecule has 3 aromatic rings.